The van der Waals surface area contributed by atoms with E-state index in [2.05, 4.69) is 12.1 Å². The van der Waals surface area contributed by atoms with Crippen LogP contribution in [0.1, 0.15) is 17.9 Å². The second kappa shape index (κ2) is 6.52. The lowest BCUT2D eigenvalue weighted by molar-refractivity contribution is -0.134. The average molecular weight is 248 g/mol. The maximum Gasteiger partial charge on any atom is 0.248 e. The van der Waals surface area contributed by atoms with E-state index in [9.17, 15) is 4.79 Å². The first kappa shape index (κ1) is 13.1. The van der Waals surface area contributed by atoms with Crippen LogP contribution in [0.5, 0.6) is 0 Å². The van der Waals surface area contributed by atoms with Crippen LogP contribution in [0.3, 0.4) is 0 Å². The summed E-state index contributed by atoms with van der Waals surface area (Å²) in [7, 11) is 0. The molecule has 1 unspecified atom stereocenters. The summed E-state index contributed by atoms with van der Waals surface area (Å²) in [5.74, 6) is 0.534. The Balaban J connectivity index is 1.83. The predicted molar refractivity (Wildman–Crippen MR) is 70.3 cm³/mol. The summed E-state index contributed by atoms with van der Waals surface area (Å²) in [5.41, 5.74) is 6.63. The van der Waals surface area contributed by atoms with E-state index in [0.29, 0.717) is 19.1 Å². The zero-order valence-corrected chi connectivity index (χ0v) is 10.5. The van der Waals surface area contributed by atoms with E-state index < -0.39 is 0 Å². The Hall–Kier alpha value is -1.39. The molecule has 0 bridgehead atoms. The first-order chi connectivity index (χ1) is 8.81. The molecule has 1 fully saturated rings. The van der Waals surface area contributed by atoms with Gasteiger partial charge in [0, 0.05) is 25.6 Å². The normalized spacial score (nSPS) is 19.2. The van der Waals surface area contributed by atoms with E-state index >= 15 is 0 Å². The van der Waals surface area contributed by atoms with Crippen molar-refractivity contribution < 1.29 is 9.53 Å². The van der Waals surface area contributed by atoms with E-state index in [1.807, 2.05) is 23.1 Å². The van der Waals surface area contributed by atoms with Crippen LogP contribution in [0.15, 0.2) is 30.3 Å². The first-order valence-corrected chi connectivity index (χ1v) is 6.42. The van der Waals surface area contributed by atoms with Crippen LogP contribution in [0.4, 0.5) is 0 Å². The van der Waals surface area contributed by atoms with Gasteiger partial charge in [0.2, 0.25) is 5.91 Å². The lowest BCUT2D eigenvalue weighted by Gasteiger charge is -2.16. The summed E-state index contributed by atoms with van der Waals surface area (Å²) in [6.45, 7) is 2.68. The van der Waals surface area contributed by atoms with Crippen molar-refractivity contribution in [3.05, 3.63) is 35.9 Å². The molecule has 1 aromatic rings. The van der Waals surface area contributed by atoms with Crippen molar-refractivity contribution in [2.75, 3.05) is 32.8 Å². The number of nitrogens with zero attached hydrogens (tertiary/aromatic N) is 1. The summed E-state index contributed by atoms with van der Waals surface area (Å²) < 4.78 is 5.18. The van der Waals surface area contributed by atoms with Gasteiger partial charge in [-0.1, -0.05) is 30.3 Å². The predicted octanol–water partition coefficient (Wildman–Crippen LogP) is 0.978. The van der Waals surface area contributed by atoms with Crippen LogP contribution in [-0.2, 0) is 9.53 Å². The monoisotopic (exact) mass is 248 g/mol. The minimum atomic E-state index is 0.0712. The van der Waals surface area contributed by atoms with Crippen molar-refractivity contribution in [2.24, 2.45) is 5.73 Å². The number of ether oxygens (including phenoxy) is 1. The Labute approximate surface area is 108 Å². The molecular formula is C14H20N2O2. The van der Waals surface area contributed by atoms with Crippen molar-refractivity contribution in [3.63, 3.8) is 0 Å². The number of rotatable bonds is 5. The second-order valence-electron chi connectivity index (χ2n) is 4.58. The highest BCUT2D eigenvalue weighted by Crippen LogP contribution is 2.26. The number of likely N-dealkylation sites (tertiary alicyclic amines) is 1. The lowest BCUT2D eigenvalue weighted by Crippen LogP contribution is -2.32. The van der Waals surface area contributed by atoms with Gasteiger partial charge in [0.25, 0.3) is 0 Å². The van der Waals surface area contributed by atoms with Crippen LogP contribution < -0.4 is 5.73 Å². The van der Waals surface area contributed by atoms with E-state index in [1.54, 1.807) is 0 Å². The molecule has 2 N–H and O–H groups in total. The topological polar surface area (TPSA) is 55.6 Å². The van der Waals surface area contributed by atoms with Crippen molar-refractivity contribution in [1.29, 1.82) is 0 Å². The van der Waals surface area contributed by atoms with Crippen molar-refractivity contribution in [3.8, 4) is 0 Å². The Morgan fingerprint density at radius 2 is 2.17 bits per heavy atom. The Kier molecular flexibility index (Phi) is 4.73. The number of carbonyl (C=O) groups excluding carboxylic acids is 1. The minimum Gasteiger partial charge on any atom is -0.370 e. The molecule has 0 spiro atoms. The maximum absolute atomic E-state index is 11.9. The van der Waals surface area contributed by atoms with Gasteiger partial charge in [0.15, 0.2) is 0 Å². The molecule has 2 rings (SSSR count). The number of hydrogen-bond donors (Lipinski definition) is 1. The number of amides is 1. The number of carbonyl (C=O) groups is 1. The van der Waals surface area contributed by atoms with Crippen molar-refractivity contribution in [1.82, 2.24) is 4.90 Å². The Bertz CT molecular complexity index is 381. The summed E-state index contributed by atoms with van der Waals surface area (Å²) >= 11 is 0. The van der Waals surface area contributed by atoms with E-state index in [1.165, 1.54) is 5.56 Å². The average Bonchev–Trinajstić information content (AvgIpc) is 2.89. The van der Waals surface area contributed by atoms with Crippen LogP contribution in [0, 0.1) is 0 Å². The molecule has 0 saturated carbocycles. The van der Waals surface area contributed by atoms with E-state index in [4.69, 9.17) is 10.5 Å². The third-order valence-corrected chi connectivity index (χ3v) is 3.30. The van der Waals surface area contributed by atoms with E-state index in [0.717, 1.165) is 19.5 Å². The molecular weight excluding hydrogens is 228 g/mol. The number of hydrogen-bond acceptors (Lipinski definition) is 3. The SMILES string of the molecule is NCCOCC(=O)N1CCC(c2ccccc2)C1. The Morgan fingerprint density at radius 3 is 2.89 bits per heavy atom. The molecule has 0 radical (unpaired) electrons. The standard InChI is InChI=1S/C14H20N2O2/c15-7-9-18-11-14(17)16-8-6-13(10-16)12-4-2-1-3-5-12/h1-5,13H,6-11,15H2. The third kappa shape index (κ3) is 3.31. The van der Waals surface area contributed by atoms with Gasteiger partial charge in [-0.05, 0) is 12.0 Å². The fraction of sp³-hybridized carbons (Fsp3) is 0.500. The molecule has 0 aromatic heterocycles. The number of nitrogens with two attached hydrogens (primary N) is 1. The van der Waals surface area contributed by atoms with Crippen molar-refractivity contribution in [2.45, 2.75) is 12.3 Å². The summed E-state index contributed by atoms with van der Waals surface area (Å²) in [4.78, 5) is 13.7. The molecule has 0 aliphatic carbocycles. The molecule has 1 aliphatic rings. The van der Waals surface area contributed by atoms with Crippen LogP contribution in [0.2, 0.25) is 0 Å². The van der Waals surface area contributed by atoms with Gasteiger partial charge >= 0.3 is 0 Å². The molecule has 1 atom stereocenters. The first-order valence-electron chi connectivity index (χ1n) is 6.42. The molecule has 1 saturated heterocycles. The fourth-order valence-corrected chi connectivity index (χ4v) is 2.32. The minimum absolute atomic E-state index is 0.0712. The highest BCUT2D eigenvalue weighted by molar-refractivity contribution is 5.77. The Morgan fingerprint density at radius 1 is 1.39 bits per heavy atom. The van der Waals surface area contributed by atoms with Gasteiger partial charge in [-0.15, -0.1) is 0 Å². The molecule has 4 nitrogen and oxygen atoms in total. The summed E-state index contributed by atoms with van der Waals surface area (Å²) in [5, 5.41) is 0. The smallest absolute Gasteiger partial charge is 0.248 e. The van der Waals surface area contributed by atoms with Gasteiger partial charge in [-0.2, -0.15) is 0 Å². The van der Waals surface area contributed by atoms with Gasteiger partial charge in [-0.3, -0.25) is 4.79 Å². The number of benzene rings is 1. The summed E-state index contributed by atoms with van der Waals surface area (Å²) in [6.07, 6.45) is 1.03. The van der Waals surface area contributed by atoms with Gasteiger partial charge in [0.1, 0.15) is 6.61 Å². The van der Waals surface area contributed by atoms with E-state index in [-0.39, 0.29) is 12.5 Å². The molecule has 18 heavy (non-hydrogen) atoms. The van der Waals surface area contributed by atoms with Gasteiger partial charge in [0.05, 0.1) is 6.61 Å². The zero-order chi connectivity index (χ0) is 12.8. The van der Waals surface area contributed by atoms with Crippen LogP contribution in [-0.4, -0.2) is 43.7 Å². The van der Waals surface area contributed by atoms with Crippen LogP contribution in [0.25, 0.3) is 0 Å². The molecule has 1 aliphatic heterocycles. The van der Waals surface area contributed by atoms with Gasteiger partial charge in [-0.25, -0.2) is 0 Å². The fourth-order valence-electron chi connectivity index (χ4n) is 2.32. The highest BCUT2D eigenvalue weighted by atomic mass is 16.5. The van der Waals surface area contributed by atoms with Gasteiger partial charge < -0.3 is 15.4 Å². The highest BCUT2D eigenvalue weighted by Gasteiger charge is 2.26. The largest absolute Gasteiger partial charge is 0.370 e. The molecule has 98 valence electrons. The lowest BCUT2D eigenvalue weighted by atomic mass is 9.99. The molecule has 1 aromatic carbocycles. The third-order valence-electron chi connectivity index (χ3n) is 3.30. The zero-order valence-electron chi connectivity index (χ0n) is 10.5. The molecule has 4 heteroatoms. The maximum atomic E-state index is 11.9. The summed E-state index contributed by atoms with van der Waals surface area (Å²) in [6, 6.07) is 10.4. The molecule has 1 heterocycles. The van der Waals surface area contributed by atoms with Crippen molar-refractivity contribution >= 4 is 5.91 Å². The second-order valence-corrected chi connectivity index (χ2v) is 4.58. The molecule has 1 amide bonds. The quantitative estimate of drug-likeness (QED) is 0.790. The van der Waals surface area contributed by atoms with Crippen LogP contribution >= 0.6 is 0 Å².